The number of carbonyl (C=O) groups excluding carboxylic acids is 1. The highest BCUT2D eigenvalue weighted by Crippen LogP contribution is 2.16. The quantitative estimate of drug-likeness (QED) is 0.732. The van der Waals surface area contributed by atoms with Crippen molar-refractivity contribution >= 4 is 16.8 Å². The van der Waals surface area contributed by atoms with Crippen molar-refractivity contribution in [3.63, 3.8) is 0 Å². The average Bonchev–Trinajstić information content (AvgIpc) is 3.01. The molecule has 1 atom stereocenters. The number of rotatable bonds is 6. The van der Waals surface area contributed by atoms with Crippen LogP contribution >= 0.6 is 0 Å². The van der Waals surface area contributed by atoms with Crippen LogP contribution in [0.15, 0.2) is 39.6 Å². The molecule has 136 valence electrons. The van der Waals surface area contributed by atoms with Crippen LogP contribution in [0, 0.1) is 13.8 Å². The van der Waals surface area contributed by atoms with Crippen molar-refractivity contribution in [2.24, 2.45) is 0 Å². The van der Waals surface area contributed by atoms with E-state index in [4.69, 9.17) is 4.52 Å². The minimum atomic E-state index is -0.422. The van der Waals surface area contributed by atoms with Crippen molar-refractivity contribution in [3.8, 4) is 0 Å². The number of amides is 1. The number of aryl methyl sites for hydroxylation is 3. The second kappa shape index (κ2) is 7.51. The number of hydrogen-bond acceptors (Lipinski definition) is 5. The van der Waals surface area contributed by atoms with E-state index in [1.807, 2.05) is 25.1 Å². The highest BCUT2D eigenvalue weighted by Gasteiger charge is 2.17. The fraction of sp³-hybridized carbons (Fsp3) is 0.368. The molecule has 3 rings (SSSR count). The van der Waals surface area contributed by atoms with Crippen LogP contribution in [-0.2, 0) is 17.8 Å². The van der Waals surface area contributed by atoms with Crippen LogP contribution in [0.5, 0.6) is 0 Å². The molecule has 26 heavy (non-hydrogen) atoms. The molecule has 7 nitrogen and oxygen atoms in total. The number of nitrogens with one attached hydrogen (secondary N) is 1. The lowest BCUT2D eigenvalue weighted by Crippen LogP contribution is -2.38. The maximum atomic E-state index is 12.4. The number of benzene rings is 1. The number of nitrogens with zero attached hydrogens (tertiary/aromatic N) is 3. The molecule has 0 aliphatic carbocycles. The van der Waals surface area contributed by atoms with E-state index >= 15 is 0 Å². The standard InChI is InChI=1S/C19H22N4O3/c1-12(9-10-15-7-5-4-6-8-15)20-16(24)11-23-19(25)18-17(13(2)21-23)14(3)26-22-18/h4-8,12H,9-11H2,1-3H3,(H,20,24)/t12-/m1/s1. The van der Waals surface area contributed by atoms with E-state index in [1.165, 1.54) is 5.56 Å². The molecule has 0 aliphatic heterocycles. The van der Waals surface area contributed by atoms with Crippen LogP contribution in [-0.4, -0.2) is 26.9 Å². The van der Waals surface area contributed by atoms with Gasteiger partial charge in [0.25, 0.3) is 5.56 Å². The van der Waals surface area contributed by atoms with Gasteiger partial charge in [0.1, 0.15) is 12.3 Å². The summed E-state index contributed by atoms with van der Waals surface area (Å²) in [4.78, 5) is 24.7. The third-order valence-corrected chi connectivity index (χ3v) is 4.34. The molecular weight excluding hydrogens is 332 g/mol. The smallest absolute Gasteiger partial charge is 0.297 e. The fourth-order valence-electron chi connectivity index (χ4n) is 3.01. The third-order valence-electron chi connectivity index (χ3n) is 4.34. The number of carbonyl (C=O) groups is 1. The van der Waals surface area contributed by atoms with Gasteiger partial charge in [-0.15, -0.1) is 0 Å². The van der Waals surface area contributed by atoms with Gasteiger partial charge in [0.05, 0.1) is 11.1 Å². The molecule has 2 aromatic heterocycles. The second-order valence-electron chi connectivity index (χ2n) is 6.50. The fourth-order valence-corrected chi connectivity index (χ4v) is 3.01. The highest BCUT2D eigenvalue weighted by atomic mass is 16.5. The zero-order chi connectivity index (χ0) is 18.7. The van der Waals surface area contributed by atoms with Gasteiger partial charge in [0, 0.05) is 6.04 Å². The van der Waals surface area contributed by atoms with E-state index in [1.54, 1.807) is 13.8 Å². The van der Waals surface area contributed by atoms with Crippen molar-refractivity contribution in [1.29, 1.82) is 0 Å². The topological polar surface area (TPSA) is 90.0 Å². The SMILES string of the molecule is Cc1nn(CC(=O)N[C@H](C)CCc2ccccc2)c(=O)c2noc(C)c12. The number of aromatic nitrogens is 3. The van der Waals surface area contributed by atoms with Crippen molar-refractivity contribution in [1.82, 2.24) is 20.3 Å². The molecule has 0 radical (unpaired) electrons. The normalized spacial score (nSPS) is 12.3. The molecule has 0 unspecified atom stereocenters. The average molecular weight is 354 g/mol. The molecule has 0 fully saturated rings. The Kier molecular flexibility index (Phi) is 5.16. The monoisotopic (exact) mass is 354 g/mol. The van der Waals surface area contributed by atoms with Gasteiger partial charge in [-0.05, 0) is 39.2 Å². The van der Waals surface area contributed by atoms with Crippen molar-refractivity contribution in [3.05, 3.63) is 57.7 Å². The molecule has 0 saturated carbocycles. The van der Waals surface area contributed by atoms with Crippen molar-refractivity contribution < 1.29 is 9.32 Å². The summed E-state index contributed by atoms with van der Waals surface area (Å²) in [5, 5.41) is 11.5. The van der Waals surface area contributed by atoms with Crippen molar-refractivity contribution in [2.75, 3.05) is 0 Å². The summed E-state index contributed by atoms with van der Waals surface area (Å²) >= 11 is 0. The van der Waals surface area contributed by atoms with Gasteiger partial charge in [-0.2, -0.15) is 5.10 Å². The van der Waals surface area contributed by atoms with E-state index in [0.717, 1.165) is 17.5 Å². The lowest BCUT2D eigenvalue weighted by Gasteiger charge is -2.14. The Morgan fingerprint density at radius 2 is 2.00 bits per heavy atom. The molecule has 1 N–H and O–H groups in total. The van der Waals surface area contributed by atoms with Crippen molar-refractivity contribution in [2.45, 2.75) is 46.2 Å². The number of fused-ring (bicyclic) bond motifs is 1. The minimum absolute atomic E-state index is 0.00229. The van der Waals surface area contributed by atoms with Crippen LogP contribution in [0.1, 0.15) is 30.4 Å². The Balaban J connectivity index is 1.64. The zero-order valence-corrected chi connectivity index (χ0v) is 15.2. The van der Waals surface area contributed by atoms with E-state index in [0.29, 0.717) is 16.8 Å². The largest absolute Gasteiger partial charge is 0.360 e. The molecule has 3 aromatic rings. The Labute approximate surface area is 151 Å². The van der Waals surface area contributed by atoms with E-state index < -0.39 is 5.56 Å². The maximum Gasteiger partial charge on any atom is 0.297 e. The minimum Gasteiger partial charge on any atom is -0.360 e. The second-order valence-corrected chi connectivity index (χ2v) is 6.50. The molecule has 0 aliphatic rings. The Hall–Kier alpha value is -2.96. The summed E-state index contributed by atoms with van der Waals surface area (Å²) < 4.78 is 6.21. The van der Waals surface area contributed by atoms with Crippen LogP contribution in [0.25, 0.3) is 10.9 Å². The Morgan fingerprint density at radius 1 is 1.27 bits per heavy atom. The molecule has 7 heteroatoms. The lowest BCUT2D eigenvalue weighted by atomic mass is 10.1. The summed E-state index contributed by atoms with van der Waals surface area (Å²) in [7, 11) is 0. The van der Waals surface area contributed by atoms with Gasteiger partial charge in [-0.3, -0.25) is 9.59 Å². The number of hydrogen-bond donors (Lipinski definition) is 1. The van der Waals surface area contributed by atoms with Gasteiger partial charge in [0.15, 0.2) is 5.52 Å². The Morgan fingerprint density at radius 3 is 2.73 bits per heavy atom. The predicted octanol–water partition coefficient (Wildman–Crippen LogP) is 2.14. The van der Waals surface area contributed by atoms with E-state index in [-0.39, 0.29) is 24.0 Å². The highest BCUT2D eigenvalue weighted by molar-refractivity contribution is 5.82. The first kappa shape index (κ1) is 17.8. The van der Waals surface area contributed by atoms with Gasteiger partial charge in [-0.25, -0.2) is 4.68 Å². The Bertz CT molecular complexity index is 976. The first-order chi connectivity index (χ1) is 12.5. The molecule has 2 heterocycles. The van der Waals surface area contributed by atoms with E-state index in [2.05, 4.69) is 27.7 Å². The molecule has 1 aromatic carbocycles. The first-order valence-corrected chi connectivity index (χ1v) is 8.62. The van der Waals surface area contributed by atoms with Crippen LogP contribution in [0.3, 0.4) is 0 Å². The lowest BCUT2D eigenvalue weighted by molar-refractivity contribution is -0.122. The molecule has 0 bridgehead atoms. The van der Waals surface area contributed by atoms with Crippen LogP contribution in [0.2, 0.25) is 0 Å². The summed E-state index contributed by atoms with van der Waals surface area (Å²) in [6.07, 6.45) is 1.70. The summed E-state index contributed by atoms with van der Waals surface area (Å²) in [5.74, 6) is 0.298. The van der Waals surface area contributed by atoms with Crippen LogP contribution < -0.4 is 10.9 Å². The summed E-state index contributed by atoms with van der Waals surface area (Å²) in [6.45, 7) is 5.31. The van der Waals surface area contributed by atoms with Gasteiger partial charge in [0.2, 0.25) is 5.91 Å². The van der Waals surface area contributed by atoms with Gasteiger partial charge < -0.3 is 9.84 Å². The van der Waals surface area contributed by atoms with Gasteiger partial charge >= 0.3 is 0 Å². The zero-order valence-electron chi connectivity index (χ0n) is 15.2. The van der Waals surface area contributed by atoms with Crippen LogP contribution in [0.4, 0.5) is 0 Å². The third kappa shape index (κ3) is 3.82. The summed E-state index contributed by atoms with van der Waals surface area (Å²) in [5.41, 5.74) is 1.63. The summed E-state index contributed by atoms with van der Waals surface area (Å²) in [6, 6.07) is 10.1. The van der Waals surface area contributed by atoms with Gasteiger partial charge in [-0.1, -0.05) is 35.5 Å². The molecule has 1 amide bonds. The molecule has 0 saturated heterocycles. The molecule has 0 spiro atoms. The molecular formula is C19H22N4O3. The first-order valence-electron chi connectivity index (χ1n) is 8.62. The van der Waals surface area contributed by atoms with E-state index in [9.17, 15) is 9.59 Å². The predicted molar refractivity (Wildman–Crippen MR) is 97.9 cm³/mol. The maximum absolute atomic E-state index is 12.4.